The molecule has 0 saturated carbocycles. The molecule has 0 heterocycles. The van der Waals surface area contributed by atoms with Crippen LogP contribution < -0.4 is 0 Å². The van der Waals surface area contributed by atoms with Crippen molar-refractivity contribution in [1.82, 2.24) is 0 Å². The molecule has 0 saturated heterocycles. The fourth-order valence-electron chi connectivity index (χ4n) is 8.96. The molecule has 0 amide bonds. The van der Waals surface area contributed by atoms with Gasteiger partial charge in [0.2, 0.25) is 0 Å². The van der Waals surface area contributed by atoms with Gasteiger partial charge in [-0.1, -0.05) is 300 Å². The second kappa shape index (κ2) is 58.2. The zero-order valence-corrected chi connectivity index (χ0v) is 44.9. The Bertz CT molecular complexity index is 1110. The smallest absolute Gasteiger partial charge is 0.306 e. The highest BCUT2D eigenvalue weighted by atomic mass is 16.6. The van der Waals surface area contributed by atoms with E-state index in [-0.39, 0.29) is 25.2 Å². The molecule has 0 bridgehead atoms. The van der Waals surface area contributed by atoms with Crippen molar-refractivity contribution in [2.45, 2.75) is 322 Å². The first-order valence-electron chi connectivity index (χ1n) is 29.7. The lowest BCUT2D eigenvalue weighted by Gasteiger charge is -2.15. The topological polar surface area (TPSA) is 72.8 Å². The van der Waals surface area contributed by atoms with Gasteiger partial charge in [-0.25, -0.2) is 0 Å². The first-order valence-corrected chi connectivity index (χ1v) is 29.7. The average Bonchev–Trinajstić information content (AvgIpc) is 3.33. The van der Waals surface area contributed by atoms with Crippen LogP contribution in [0.2, 0.25) is 0 Å². The van der Waals surface area contributed by atoms with Crippen LogP contribution in [0.25, 0.3) is 0 Å². The van der Waals surface area contributed by atoms with Crippen LogP contribution in [0, 0.1) is 0 Å². The Morgan fingerprint density at radius 3 is 0.970 bits per heavy atom. The van der Waals surface area contributed by atoms with E-state index >= 15 is 0 Å². The summed E-state index contributed by atoms with van der Waals surface area (Å²) in [5.74, 6) is -0.574. The van der Waals surface area contributed by atoms with Gasteiger partial charge < -0.3 is 14.6 Å². The Hall–Kier alpha value is -2.14. The molecule has 67 heavy (non-hydrogen) atoms. The molecule has 0 aliphatic rings. The Balaban J connectivity index is 3.43. The summed E-state index contributed by atoms with van der Waals surface area (Å²) in [6.45, 7) is 4.08. The number of hydrogen-bond donors (Lipinski definition) is 1. The Kier molecular flexibility index (Phi) is 56.3. The molecular formula is C62H114O5. The number of rotatable bonds is 55. The van der Waals surface area contributed by atoms with Crippen LogP contribution in [-0.2, 0) is 19.1 Å². The lowest BCUT2D eigenvalue weighted by Crippen LogP contribution is -2.28. The van der Waals surface area contributed by atoms with Gasteiger partial charge in [0.15, 0.2) is 6.10 Å². The van der Waals surface area contributed by atoms with Gasteiger partial charge >= 0.3 is 11.9 Å². The van der Waals surface area contributed by atoms with Gasteiger partial charge in [0, 0.05) is 12.8 Å². The van der Waals surface area contributed by atoms with Crippen LogP contribution in [0.3, 0.4) is 0 Å². The summed E-state index contributed by atoms with van der Waals surface area (Å²) in [5, 5.41) is 9.67. The summed E-state index contributed by atoms with van der Waals surface area (Å²) < 4.78 is 10.7. The van der Waals surface area contributed by atoms with Crippen molar-refractivity contribution in [2.24, 2.45) is 0 Å². The Morgan fingerprint density at radius 1 is 0.358 bits per heavy atom. The highest BCUT2D eigenvalue weighted by Gasteiger charge is 2.16. The number of unbranched alkanes of at least 4 members (excludes halogenated alkanes) is 39. The number of carbonyl (C=O) groups is 2. The van der Waals surface area contributed by atoms with E-state index < -0.39 is 6.10 Å². The lowest BCUT2D eigenvalue weighted by atomic mass is 10.0. The summed E-state index contributed by atoms with van der Waals surface area (Å²) >= 11 is 0. The number of hydrogen-bond acceptors (Lipinski definition) is 5. The predicted molar refractivity (Wildman–Crippen MR) is 293 cm³/mol. The minimum atomic E-state index is -0.771. The van der Waals surface area contributed by atoms with Gasteiger partial charge in [0.1, 0.15) is 6.61 Å². The Labute approximate surface area is 418 Å². The molecule has 0 spiro atoms. The lowest BCUT2D eigenvalue weighted by molar-refractivity contribution is -0.161. The molecule has 0 aliphatic carbocycles. The van der Waals surface area contributed by atoms with Crippen LogP contribution in [0.1, 0.15) is 316 Å². The molecule has 392 valence electrons. The monoisotopic (exact) mass is 939 g/mol. The minimum absolute atomic E-state index is 0.0617. The molecular weight excluding hydrogens is 825 g/mol. The van der Waals surface area contributed by atoms with Crippen molar-refractivity contribution < 1.29 is 24.2 Å². The van der Waals surface area contributed by atoms with E-state index in [1.165, 1.54) is 231 Å². The average molecular weight is 940 g/mol. The normalized spacial score (nSPS) is 12.5. The van der Waals surface area contributed by atoms with E-state index in [2.05, 4.69) is 62.5 Å². The number of aliphatic hydroxyl groups excluding tert-OH is 1. The van der Waals surface area contributed by atoms with Crippen molar-refractivity contribution in [3.63, 3.8) is 0 Å². The summed E-state index contributed by atoms with van der Waals surface area (Å²) in [5.41, 5.74) is 0. The molecule has 1 N–H and O–H groups in total. The van der Waals surface area contributed by atoms with Gasteiger partial charge in [-0.3, -0.25) is 9.59 Å². The minimum Gasteiger partial charge on any atom is -0.462 e. The van der Waals surface area contributed by atoms with Crippen molar-refractivity contribution in [1.29, 1.82) is 0 Å². The first kappa shape index (κ1) is 64.9. The number of ether oxygens (including phenoxy) is 2. The molecule has 1 unspecified atom stereocenters. The number of esters is 2. The third kappa shape index (κ3) is 56.3. The number of aliphatic hydroxyl groups is 1. The maximum Gasteiger partial charge on any atom is 0.306 e. The molecule has 0 rings (SSSR count). The van der Waals surface area contributed by atoms with E-state index in [1.54, 1.807) is 0 Å². The first-order chi connectivity index (χ1) is 33.1. The summed E-state index contributed by atoms with van der Waals surface area (Å²) in [6.07, 6.45) is 76.7. The second-order valence-electron chi connectivity index (χ2n) is 20.1. The molecule has 0 aromatic rings. The van der Waals surface area contributed by atoms with E-state index in [0.717, 1.165) is 57.8 Å². The molecule has 5 heteroatoms. The highest BCUT2D eigenvalue weighted by molar-refractivity contribution is 5.70. The molecule has 0 radical (unpaired) electrons. The van der Waals surface area contributed by atoms with E-state index in [0.29, 0.717) is 12.8 Å². The van der Waals surface area contributed by atoms with Crippen LogP contribution in [0.15, 0.2) is 48.6 Å². The SMILES string of the molecule is CC/C=C\C/C=C\C/C=C\C/C=C\CCCCCCCCCCCCCCCCC(=O)OC(CO)COC(=O)CCCCCCCCCCCCCCCCCCCCCCCCCCCC. The van der Waals surface area contributed by atoms with Gasteiger partial charge in [0.25, 0.3) is 0 Å². The van der Waals surface area contributed by atoms with Gasteiger partial charge in [0.05, 0.1) is 6.61 Å². The van der Waals surface area contributed by atoms with Gasteiger partial charge in [-0.15, -0.1) is 0 Å². The molecule has 1 atom stereocenters. The van der Waals surface area contributed by atoms with Crippen molar-refractivity contribution in [3.8, 4) is 0 Å². The fraction of sp³-hybridized carbons (Fsp3) is 0.839. The van der Waals surface area contributed by atoms with Crippen LogP contribution in [0.5, 0.6) is 0 Å². The van der Waals surface area contributed by atoms with Crippen LogP contribution in [-0.4, -0.2) is 36.4 Å². The zero-order valence-electron chi connectivity index (χ0n) is 44.9. The van der Waals surface area contributed by atoms with Crippen molar-refractivity contribution in [2.75, 3.05) is 13.2 Å². The third-order valence-corrected chi connectivity index (χ3v) is 13.4. The number of allylic oxidation sites excluding steroid dienone is 8. The number of carbonyl (C=O) groups excluding carboxylic acids is 2. The maximum absolute atomic E-state index is 12.3. The maximum atomic E-state index is 12.3. The fourth-order valence-corrected chi connectivity index (χ4v) is 8.96. The van der Waals surface area contributed by atoms with Crippen LogP contribution in [0.4, 0.5) is 0 Å². The van der Waals surface area contributed by atoms with E-state index in [9.17, 15) is 14.7 Å². The standard InChI is InChI=1S/C62H114O5/c1-3-5-7-9-11-13-15-17-19-21-23-25-27-29-31-33-35-37-39-41-43-45-47-49-51-53-55-57-62(65)67-60(58-63)59-66-61(64)56-54-52-50-48-46-44-42-40-38-36-34-32-30-28-26-24-22-20-18-16-14-12-10-8-6-4-2/h5,7,11,13,17,19,23,25,60,63H,3-4,6,8-10,12,14-16,18,20-22,24,26-59H2,1-2H3/b7-5-,13-11-,19-17-,25-23-. The predicted octanol–water partition coefficient (Wildman–Crippen LogP) is 20.0. The molecule has 0 aromatic heterocycles. The highest BCUT2D eigenvalue weighted by Crippen LogP contribution is 2.18. The molecule has 5 nitrogen and oxygen atoms in total. The Morgan fingerprint density at radius 2 is 0.642 bits per heavy atom. The van der Waals surface area contributed by atoms with Crippen molar-refractivity contribution in [3.05, 3.63) is 48.6 Å². The largest absolute Gasteiger partial charge is 0.462 e. The molecule has 0 fully saturated rings. The molecule has 0 aromatic carbocycles. The second-order valence-corrected chi connectivity index (χ2v) is 20.1. The van der Waals surface area contributed by atoms with Crippen molar-refractivity contribution >= 4 is 11.9 Å². The van der Waals surface area contributed by atoms with Gasteiger partial charge in [-0.05, 0) is 51.4 Å². The van der Waals surface area contributed by atoms with Crippen LogP contribution >= 0.6 is 0 Å². The van der Waals surface area contributed by atoms with Gasteiger partial charge in [-0.2, -0.15) is 0 Å². The quantitative estimate of drug-likeness (QED) is 0.0374. The molecule has 0 aliphatic heterocycles. The summed E-state index contributed by atoms with van der Waals surface area (Å²) in [6, 6.07) is 0. The van der Waals surface area contributed by atoms with E-state index in [1.807, 2.05) is 0 Å². The van der Waals surface area contributed by atoms with E-state index in [4.69, 9.17) is 9.47 Å². The summed E-state index contributed by atoms with van der Waals surface area (Å²) in [7, 11) is 0. The summed E-state index contributed by atoms with van der Waals surface area (Å²) in [4.78, 5) is 24.6. The third-order valence-electron chi connectivity index (χ3n) is 13.4. The zero-order chi connectivity index (χ0) is 48.5.